The summed E-state index contributed by atoms with van der Waals surface area (Å²) in [6, 6.07) is 9.97. The zero-order valence-corrected chi connectivity index (χ0v) is 15.5. The van der Waals surface area contributed by atoms with Crippen molar-refractivity contribution in [3.63, 3.8) is 0 Å². The van der Waals surface area contributed by atoms with Crippen molar-refractivity contribution < 1.29 is 18.6 Å². The van der Waals surface area contributed by atoms with E-state index in [0.717, 1.165) is 0 Å². The van der Waals surface area contributed by atoms with Gasteiger partial charge < -0.3 is 24.8 Å². The number of benzene rings is 2. The van der Waals surface area contributed by atoms with Crippen LogP contribution in [0, 0.1) is 5.82 Å². The Hall–Kier alpha value is -3.06. The first-order chi connectivity index (χ1) is 13.2. The third kappa shape index (κ3) is 4.20. The molecular weight excluding hydrogens is 349 g/mol. The molecule has 1 aromatic heterocycles. The Bertz CT molecular complexity index is 934. The van der Waals surface area contributed by atoms with Gasteiger partial charge in [0.25, 0.3) is 0 Å². The number of hydrogen-bond donors (Lipinski definition) is 2. The first kappa shape index (κ1) is 18.7. The Kier molecular flexibility index (Phi) is 5.93. The first-order valence-corrected chi connectivity index (χ1v) is 8.55. The number of nitrogens with zero attached hydrogens (tertiary/aromatic N) is 1. The van der Waals surface area contributed by atoms with Crippen LogP contribution in [0.25, 0.3) is 10.9 Å². The van der Waals surface area contributed by atoms with Gasteiger partial charge in [-0.3, -0.25) is 4.98 Å². The molecule has 6 nitrogen and oxygen atoms in total. The fraction of sp³-hybridized carbons (Fsp3) is 0.250. The summed E-state index contributed by atoms with van der Waals surface area (Å²) in [5.74, 6) is 1.31. The summed E-state index contributed by atoms with van der Waals surface area (Å²) >= 11 is 0. The minimum atomic E-state index is -0.453. The Morgan fingerprint density at radius 2 is 1.85 bits per heavy atom. The van der Waals surface area contributed by atoms with E-state index in [4.69, 9.17) is 14.2 Å². The molecule has 142 valence electrons. The molecular formula is C20H22FN3O3. The molecule has 0 saturated carbocycles. The molecule has 0 aliphatic heterocycles. The summed E-state index contributed by atoms with van der Waals surface area (Å²) in [5, 5.41) is 6.61. The molecule has 0 atom stereocenters. The van der Waals surface area contributed by atoms with E-state index in [1.807, 2.05) is 7.05 Å². The van der Waals surface area contributed by atoms with Crippen molar-refractivity contribution in [1.82, 2.24) is 10.3 Å². The number of fused-ring (bicyclic) bond motifs is 1. The van der Waals surface area contributed by atoms with Gasteiger partial charge >= 0.3 is 0 Å². The van der Waals surface area contributed by atoms with E-state index in [2.05, 4.69) is 15.6 Å². The van der Waals surface area contributed by atoms with Crippen LogP contribution in [0.3, 0.4) is 0 Å². The quantitative estimate of drug-likeness (QED) is 0.587. The van der Waals surface area contributed by atoms with E-state index >= 15 is 0 Å². The second-order valence-electron chi connectivity index (χ2n) is 5.78. The van der Waals surface area contributed by atoms with Gasteiger partial charge in [-0.2, -0.15) is 0 Å². The predicted molar refractivity (Wildman–Crippen MR) is 104 cm³/mol. The zero-order valence-electron chi connectivity index (χ0n) is 15.5. The molecule has 7 heteroatoms. The van der Waals surface area contributed by atoms with Crippen molar-refractivity contribution in [2.75, 3.05) is 39.7 Å². The summed E-state index contributed by atoms with van der Waals surface area (Å²) in [6.07, 6.45) is 1.61. The van der Waals surface area contributed by atoms with Crippen LogP contribution >= 0.6 is 0 Å². The molecule has 0 radical (unpaired) electrons. The fourth-order valence-electron chi connectivity index (χ4n) is 2.61. The zero-order chi connectivity index (χ0) is 19.2. The SMILES string of the molecule is CNCCOc1cc2nccc(Oc3ccc(NC)cc3F)c2cc1OC. The lowest BCUT2D eigenvalue weighted by Gasteiger charge is -2.14. The van der Waals surface area contributed by atoms with Crippen molar-refractivity contribution in [1.29, 1.82) is 0 Å². The number of methoxy groups -OCH3 is 1. The average Bonchev–Trinajstić information content (AvgIpc) is 2.69. The second-order valence-corrected chi connectivity index (χ2v) is 5.78. The lowest BCUT2D eigenvalue weighted by molar-refractivity contribution is 0.296. The monoisotopic (exact) mass is 371 g/mol. The predicted octanol–water partition coefficient (Wildman–Crippen LogP) is 3.81. The van der Waals surface area contributed by atoms with Crippen LogP contribution in [0.4, 0.5) is 10.1 Å². The smallest absolute Gasteiger partial charge is 0.167 e. The molecule has 0 spiro atoms. The third-order valence-electron chi connectivity index (χ3n) is 4.04. The standard InChI is InChI=1S/C20H22FN3O3/c1-22-8-9-26-20-12-16-14(11-19(20)25-3)17(6-7-24-16)27-18-5-4-13(23-2)10-15(18)21/h4-7,10-12,22-23H,8-9H2,1-3H3. The van der Waals surface area contributed by atoms with Crippen LogP contribution in [0.15, 0.2) is 42.6 Å². The number of ether oxygens (including phenoxy) is 3. The molecule has 0 aliphatic carbocycles. The van der Waals surface area contributed by atoms with Crippen molar-refractivity contribution in [3.05, 3.63) is 48.4 Å². The van der Waals surface area contributed by atoms with Gasteiger partial charge in [-0.15, -0.1) is 0 Å². The summed E-state index contributed by atoms with van der Waals surface area (Å²) in [5.41, 5.74) is 1.34. The Labute approximate surface area is 157 Å². The molecule has 3 aromatic rings. The van der Waals surface area contributed by atoms with Crippen LogP contribution in [0.1, 0.15) is 0 Å². The average molecular weight is 371 g/mol. The Morgan fingerprint density at radius 1 is 1.00 bits per heavy atom. The number of nitrogens with one attached hydrogen (secondary N) is 2. The molecule has 0 bridgehead atoms. The molecule has 0 saturated heterocycles. The fourth-order valence-corrected chi connectivity index (χ4v) is 2.61. The highest BCUT2D eigenvalue weighted by Crippen LogP contribution is 2.37. The second kappa shape index (κ2) is 8.55. The van der Waals surface area contributed by atoms with Gasteiger partial charge in [0.15, 0.2) is 23.1 Å². The molecule has 2 aromatic carbocycles. The number of anilines is 1. The van der Waals surface area contributed by atoms with Gasteiger partial charge in [0.1, 0.15) is 12.4 Å². The Morgan fingerprint density at radius 3 is 2.56 bits per heavy atom. The minimum Gasteiger partial charge on any atom is -0.493 e. The number of halogens is 1. The number of aromatic nitrogens is 1. The molecule has 0 fully saturated rings. The van der Waals surface area contributed by atoms with E-state index in [-0.39, 0.29) is 5.75 Å². The molecule has 0 unspecified atom stereocenters. The molecule has 2 N–H and O–H groups in total. The van der Waals surface area contributed by atoms with Gasteiger partial charge in [-0.25, -0.2) is 4.39 Å². The summed E-state index contributed by atoms with van der Waals surface area (Å²) in [4.78, 5) is 4.36. The Balaban J connectivity index is 1.96. The van der Waals surface area contributed by atoms with E-state index in [0.29, 0.717) is 47.0 Å². The maximum Gasteiger partial charge on any atom is 0.167 e. The molecule has 0 aliphatic rings. The molecule has 1 heterocycles. The highest BCUT2D eigenvalue weighted by Gasteiger charge is 2.13. The number of likely N-dealkylation sites (N-methyl/N-ethyl adjacent to an activating group) is 1. The van der Waals surface area contributed by atoms with E-state index in [9.17, 15) is 4.39 Å². The van der Waals surface area contributed by atoms with Gasteiger partial charge in [0.05, 0.1) is 12.6 Å². The van der Waals surface area contributed by atoms with Crippen LogP contribution < -0.4 is 24.8 Å². The minimum absolute atomic E-state index is 0.134. The number of rotatable bonds is 8. The van der Waals surface area contributed by atoms with Crippen LogP contribution in [-0.4, -0.2) is 39.3 Å². The van der Waals surface area contributed by atoms with E-state index < -0.39 is 5.82 Å². The number of hydrogen-bond acceptors (Lipinski definition) is 6. The summed E-state index contributed by atoms with van der Waals surface area (Å²) < 4.78 is 31.3. The van der Waals surface area contributed by atoms with Gasteiger partial charge in [-0.1, -0.05) is 0 Å². The van der Waals surface area contributed by atoms with Crippen molar-refractivity contribution in [3.8, 4) is 23.0 Å². The normalized spacial score (nSPS) is 10.7. The lowest BCUT2D eigenvalue weighted by Crippen LogP contribution is -2.16. The van der Waals surface area contributed by atoms with Gasteiger partial charge in [0, 0.05) is 43.0 Å². The molecule has 0 amide bonds. The number of pyridine rings is 1. The summed E-state index contributed by atoms with van der Waals surface area (Å²) in [6.45, 7) is 1.21. The highest BCUT2D eigenvalue weighted by molar-refractivity contribution is 5.88. The van der Waals surface area contributed by atoms with Gasteiger partial charge in [0.2, 0.25) is 0 Å². The van der Waals surface area contributed by atoms with E-state index in [1.165, 1.54) is 6.07 Å². The topological polar surface area (TPSA) is 64.6 Å². The highest BCUT2D eigenvalue weighted by atomic mass is 19.1. The third-order valence-corrected chi connectivity index (χ3v) is 4.04. The molecule has 3 rings (SSSR count). The van der Waals surface area contributed by atoms with Gasteiger partial charge in [-0.05, 0) is 31.3 Å². The van der Waals surface area contributed by atoms with Crippen LogP contribution in [0.5, 0.6) is 23.0 Å². The lowest BCUT2D eigenvalue weighted by atomic mass is 10.1. The van der Waals surface area contributed by atoms with E-state index in [1.54, 1.807) is 50.7 Å². The van der Waals surface area contributed by atoms with Crippen LogP contribution in [-0.2, 0) is 0 Å². The first-order valence-electron chi connectivity index (χ1n) is 8.55. The van der Waals surface area contributed by atoms with Crippen molar-refractivity contribution >= 4 is 16.6 Å². The molecule has 27 heavy (non-hydrogen) atoms. The summed E-state index contributed by atoms with van der Waals surface area (Å²) in [7, 11) is 5.15. The van der Waals surface area contributed by atoms with Crippen molar-refractivity contribution in [2.45, 2.75) is 0 Å². The largest absolute Gasteiger partial charge is 0.493 e. The maximum atomic E-state index is 14.3. The maximum absolute atomic E-state index is 14.3. The van der Waals surface area contributed by atoms with Crippen molar-refractivity contribution in [2.24, 2.45) is 0 Å². The van der Waals surface area contributed by atoms with Crippen LogP contribution in [0.2, 0.25) is 0 Å².